The van der Waals surface area contributed by atoms with Gasteiger partial charge >= 0.3 is 0 Å². The van der Waals surface area contributed by atoms with Gasteiger partial charge in [-0.15, -0.1) is 21.5 Å². The maximum absolute atomic E-state index is 4.03. The van der Waals surface area contributed by atoms with Crippen molar-refractivity contribution < 1.29 is 0 Å². The van der Waals surface area contributed by atoms with Gasteiger partial charge in [0.25, 0.3) is 0 Å². The first kappa shape index (κ1) is 8.34. The minimum atomic E-state index is 0.837. The van der Waals surface area contributed by atoms with Gasteiger partial charge < -0.3 is 0 Å². The summed E-state index contributed by atoms with van der Waals surface area (Å²) in [5.74, 6) is 0. The lowest BCUT2D eigenvalue weighted by Crippen LogP contribution is -1.68. The van der Waals surface area contributed by atoms with Crippen molar-refractivity contribution in [1.29, 1.82) is 0 Å². The van der Waals surface area contributed by atoms with E-state index in [1.807, 2.05) is 0 Å². The Morgan fingerprint density at radius 3 is 2.58 bits per heavy atom. The summed E-state index contributed by atoms with van der Waals surface area (Å²) in [6, 6.07) is 4.17. The second-order valence-corrected chi connectivity index (χ2v) is 5.81. The van der Waals surface area contributed by atoms with Crippen LogP contribution in [-0.2, 0) is 0 Å². The molecule has 0 fully saturated rings. The van der Waals surface area contributed by atoms with Crippen LogP contribution in [0.1, 0.15) is 4.88 Å². The van der Waals surface area contributed by atoms with Crippen molar-refractivity contribution in [2.24, 2.45) is 0 Å². The molecule has 2 rings (SSSR count). The van der Waals surface area contributed by atoms with E-state index in [4.69, 9.17) is 0 Å². The summed E-state index contributed by atoms with van der Waals surface area (Å²) in [7, 11) is 0. The average molecular weight is 261 g/mol. The Hall–Kier alpha value is -0.260. The van der Waals surface area contributed by atoms with Gasteiger partial charge in [-0.3, -0.25) is 0 Å². The van der Waals surface area contributed by atoms with Gasteiger partial charge in [-0.25, -0.2) is 0 Å². The fraction of sp³-hybridized carbons (Fsp3) is 0.143. The minimum Gasteiger partial charge on any atom is -0.138 e. The van der Waals surface area contributed by atoms with Gasteiger partial charge in [-0.2, -0.15) is 0 Å². The average Bonchev–Trinajstić information content (AvgIpc) is 2.58. The van der Waals surface area contributed by atoms with E-state index in [0.29, 0.717) is 0 Å². The highest BCUT2D eigenvalue weighted by Crippen LogP contribution is 2.31. The topological polar surface area (TPSA) is 25.8 Å². The van der Waals surface area contributed by atoms with Gasteiger partial charge in [-0.1, -0.05) is 11.3 Å². The highest BCUT2D eigenvalue weighted by Gasteiger charge is 2.05. The molecule has 2 nitrogen and oxygen atoms in total. The van der Waals surface area contributed by atoms with Crippen molar-refractivity contribution >= 4 is 38.6 Å². The van der Waals surface area contributed by atoms with Crippen LogP contribution in [0.4, 0.5) is 0 Å². The first-order chi connectivity index (χ1) is 5.75. The molecule has 2 heterocycles. The van der Waals surface area contributed by atoms with Gasteiger partial charge in [0, 0.05) is 4.88 Å². The fourth-order valence-corrected chi connectivity index (χ4v) is 2.88. The molecule has 0 saturated heterocycles. The number of nitrogens with zero attached hydrogens (tertiary/aromatic N) is 2. The molecular weight excluding hydrogens is 256 g/mol. The van der Waals surface area contributed by atoms with Crippen molar-refractivity contribution in [1.82, 2.24) is 10.2 Å². The number of halogens is 1. The molecule has 0 N–H and O–H groups in total. The largest absolute Gasteiger partial charge is 0.183 e. The molecule has 5 heteroatoms. The molecule has 0 aliphatic rings. The molecule has 0 aromatic carbocycles. The lowest BCUT2D eigenvalue weighted by molar-refractivity contribution is 1.08. The van der Waals surface area contributed by atoms with E-state index in [9.17, 15) is 0 Å². The Morgan fingerprint density at radius 1 is 1.25 bits per heavy atom. The second kappa shape index (κ2) is 3.24. The van der Waals surface area contributed by atoms with Crippen LogP contribution < -0.4 is 0 Å². The summed E-state index contributed by atoms with van der Waals surface area (Å²) in [5, 5.41) is 8.91. The molecule has 12 heavy (non-hydrogen) atoms. The van der Waals surface area contributed by atoms with Gasteiger partial charge in [-0.05, 0) is 35.0 Å². The van der Waals surface area contributed by atoms with Crippen LogP contribution in [0.15, 0.2) is 16.0 Å². The zero-order valence-corrected chi connectivity index (χ0v) is 9.46. The zero-order valence-electron chi connectivity index (χ0n) is 6.24. The smallest absolute Gasteiger partial charge is 0.138 e. The molecule has 0 bridgehead atoms. The molecule has 0 unspecified atom stereocenters. The highest BCUT2D eigenvalue weighted by atomic mass is 79.9. The molecule has 2 aromatic heterocycles. The zero-order chi connectivity index (χ0) is 8.55. The van der Waals surface area contributed by atoms with E-state index in [0.717, 1.165) is 8.92 Å². The molecule has 0 atom stereocenters. The van der Waals surface area contributed by atoms with Crippen LogP contribution in [0, 0.1) is 6.92 Å². The fourth-order valence-electron chi connectivity index (χ4n) is 0.854. The Bertz CT molecular complexity index is 355. The Morgan fingerprint density at radius 2 is 2.08 bits per heavy atom. The monoisotopic (exact) mass is 260 g/mol. The molecule has 0 radical (unpaired) electrons. The third-order valence-corrected chi connectivity index (χ3v) is 3.88. The lowest BCUT2D eigenvalue weighted by atomic mass is 10.4. The predicted octanol–water partition coefficient (Wildman–Crippen LogP) is 3.34. The number of aryl methyl sites for hydroxylation is 1. The number of aromatic nitrogens is 2. The SMILES string of the molecule is Cc1ccc(-c2nnc(Br)s2)s1. The number of hydrogen-bond donors (Lipinski definition) is 0. The van der Waals surface area contributed by atoms with Crippen LogP contribution >= 0.6 is 38.6 Å². The first-order valence-corrected chi connectivity index (χ1v) is 5.74. The van der Waals surface area contributed by atoms with Crippen molar-refractivity contribution in [2.45, 2.75) is 6.92 Å². The molecule has 62 valence electrons. The van der Waals surface area contributed by atoms with E-state index >= 15 is 0 Å². The van der Waals surface area contributed by atoms with E-state index < -0.39 is 0 Å². The number of hydrogen-bond acceptors (Lipinski definition) is 4. The maximum Gasteiger partial charge on any atom is 0.183 e. The second-order valence-electron chi connectivity index (χ2n) is 2.27. The summed E-state index contributed by atoms with van der Waals surface area (Å²) >= 11 is 6.59. The van der Waals surface area contributed by atoms with Gasteiger partial charge in [0.1, 0.15) is 0 Å². The van der Waals surface area contributed by atoms with Gasteiger partial charge in [0.05, 0.1) is 4.88 Å². The summed E-state index contributed by atoms with van der Waals surface area (Å²) in [6.07, 6.45) is 0. The number of rotatable bonds is 1. The summed E-state index contributed by atoms with van der Waals surface area (Å²) in [4.78, 5) is 2.49. The molecular formula is C7H5BrN2S2. The van der Waals surface area contributed by atoms with E-state index in [1.165, 1.54) is 9.75 Å². The van der Waals surface area contributed by atoms with Crippen LogP contribution in [0.25, 0.3) is 9.88 Å². The van der Waals surface area contributed by atoms with Crippen molar-refractivity contribution in [2.75, 3.05) is 0 Å². The maximum atomic E-state index is 4.03. The molecule has 0 spiro atoms. The quantitative estimate of drug-likeness (QED) is 0.786. The third kappa shape index (κ3) is 1.57. The van der Waals surface area contributed by atoms with Crippen LogP contribution in [-0.4, -0.2) is 10.2 Å². The van der Waals surface area contributed by atoms with Crippen molar-refractivity contribution in [3.63, 3.8) is 0 Å². The Balaban J connectivity index is 2.43. The van der Waals surface area contributed by atoms with E-state index in [2.05, 4.69) is 45.2 Å². The molecule has 0 aliphatic carbocycles. The standard InChI is InChI=1S/C7H5BrN2S2/c1-4-2-3-5(11-4)6-9-10-7(8)12-6/h2-3H,1H3. The molecule has 2 aromatic rings. The molecule has 0 amide bonds. The van der Waals surface area contributed by atoms with Crippen LogP contribution in [0.5, 0.6) is 0 Å². The summed E-state index contributed by atoms with van der Waals surface area (Å²) in [6.45, 7) is 2.09. The summed E-state index contributed by atoms with van der Waals surface area (Å²) in [5.41, 5.74) is 0. The molecule has 0 saturated carbocycles. The van der Waals surface area contributed by atoms with Gasteiger partial charge in [0.2, 0.25) is 0 Å². The number of thiophene rings is 1. The lowest BCUT2D eigenvalue weighted by Gasteiger charge is -1.83. The van der Waals surface area contributed by atoms with Crippen molar-refractivity contribution in [3.8, 4) is 9.88 Å². The minimum absolute atomic E-state index is 0.837. The first-order valence-electron chi connectivity index (χ1n) is 3.31. The van der Waals surface area contributed by atoms with E-state index in [1.54, 1.807) is 22.7 Å². The van der Waals surface area contributed by atoms with Crippen LogP contribution in [0.3, 0.4) is 0 Å². The van der Waals surface area contributed by atoms with Crippen molar-refractivity contribution in [3.05, 3.63) is 20.9 Å². The van der Waals surface area contributed by atoms with Crippen LogP contribution in [0.2, 0.25) is 0 Å². The summed E-state index contributed by atoms with van der Waals surface area (Å²) < 4.78 is 0.837. The Labute approximate surface area is 86.4 Å². The highest BCUT2D eigenvalue weighted by molar-refractivity contribution is 9.11. The molecule has 0 aliphatic heterocycles. The van der Waals surface area contributed by atoms with E-state index in [-0.39, 0.29) is 0 Å². The normalized spacial score (nSPS) is 10.5. The Kier molecular flexibility index (Phi) is 2.25. The predicted molar refractivity (Wildman–Crippen MR) is 55.7 cm³/mol. The van der Waals surface area contributed by atoms with Gasteiger partial charge in [0.15, 0.2) is 8.92 Å². The third-order valence-electron chi connectivity index (χ3n) is 1.35.